The fourth-order valence-electron chi connectivity index (χ4n) is 2.62. The van der Waals surface area contributed by atoms with E-state index in [4.69, 9.17) is 0 Å². The van der Waals surface area contributed by atoms with Gasteiger partial charge in [-0.25, -0.2) is 4.98 Å². The minimum absolute atomic E-state index is 0.0498. The fourth-order valence-corrected chi connectivity index (χ4v) is 3.45. The largest absolute Gasteiger partial charge is 0.383 e. The lowest BCUT2D eigenvalue weighted by Gasteiger charge is -2.07. The molecule has 0 unspecified atom stereocenters. The van der Waals surface area contributed by atoms with Crippen molar-refractivity contribution in [3.63, 3.8) is 0 Å². The van der Waals surface area contributed by atoms with Gasteiger partial charge in [0.2, 0.25) is 5.91 Å². The predicted molar refractivity (Wildman–Crippen MR) is 110 cm³/mol. The molecule has 1 heterocycles. The molecule has 8 heteroatoms. The van der Waals surface area contributed by atoms with E-state index in [1.165, 1.54) is 17.7 Å². The van der Waals surface area contributed by atoms with Crippen molar-refractivity contribution in [2.24, 2.45) is 0 Å². The highest BCUT2D eigenvalue weighted by atomic mass is 32.1. The summed E-state index contributed by atoms with van der Waals surface area (Å²) in [6.45, 7) is 0.983. The van der Waals surface area contributed by atoms with E-state index in [-0.39, 0.29) is 18.0 Å². The second-order valence-electron chi connectivity index (χ2n) is 6.15. The number of carbonyl (C=O) groups is 1. The molecule has 3 rings (SSSR count). The minimum atomic E-state index is -0.437. The molecule has 0 aliphatic heterocycles. The van der Waals surface area contributed by atoms with Crippen molar-refractivity contribution in [3.8, 4) is 0 Å². The van der Waals surface area contributed by atoms with Crippen LogP contribution in [0.4, 0.5) is 11.4 Å². The van der Waals surface area contributed by atoms with Crippen LogP contribution in [0.3, 0.4) is 0 Å². The molecule has 0 aliphatic carbocycles. The van der Waals surface area contributed by atoms with Crippen LogP contribution in [-0.4, -0.2) is 28.9 Å². The maximum Gasteiger partial charge on any atom is 0.269 e. The van der Waals surface area contributed by atoms with Gasteiger partial charge in [0, 0.05) is 42.7 Å². The van der Waals surface area contributed by atoms with Gasteiger partial charge in [-0.1, -0.05) is 30.3 Å². The normalized spacial score (nSPS) is 10.4. The van der Waals surface area contributed by atoms with E-state index in [9.17, 15) is 14.9 Å². The average Bonchev–Trinajstić information content (AvgIpc) is 3.13. The van der Waals surface area contributed by atoms with Crippen molar-refractivity contribution in [2.75, 3.05) is 18.4 Å². The molecule has 0 radical (unpaired) electrons. The highest BCUT2D eigenvalue weighted by molar-refractivity contribution is 7.09. The number of non-ortho nitro benzene ring substituents is 1. The number of benzene rings is 2. The number of hydrogen-bond donors (Lipinski definition) is 2. The molecule has 0 aliphatic rings. The lowest BCUT2D eigenvalue weighted by Crippen LogP contribution is -2.30. The van der Waals surface area contributed by atoms with E-state index in [1.54, 1.807) is 23.5 Å². The molecule has 144 valence electrons. The van der Waals surface area contributed by atoms with Gasteiger partial charge in [0.05, 0.1) is 22.0 Å². The van der Waals surface area contributed by atoms with Crippen molar-refractivity contribution in [1.82, 2.24) is 10.3 Å². The Bertz CT molecular complexity index is 926. The zero-order valence-electron chi connectivity index (χ0n) is 15.1. The van der Waals surface area contributed by atoms with Gasteiger partial charge < -0.3 is 10.6 Å². The maximum absolute atomic E-state index is 12.1. The summed E-state index contributed by atoms with van der Waals surface area (Å²) >= 11 is 1.56. The first kappa shape index (κ1) is 19.5. The minimum Gasteiger partial charge on any atom is -0.383 e. The summed E-state index contributed by atoms with van der Waals surface area (Å²) < 4.78 is 0. The quantitative estimate of drug-likeness (QED) is 0.328. The molecule has 0 spiro atoms. The molecule has 2 N–H and O–H groups in total. The molecule has 28 heavy (non-hydrogen) atoms. The van der Waals surface area contributed by atoms with Gasteiger partial charge in [-0.05, 0) is 17.7 Å². The van der Waals surface area contributed by atoms with Gasteiger partial charge in [0.1, 0.15) is 0 Å². The third-order valence-electron chi connectivity index (χ3n) is 3.99. The third-order valence-corrected chi connectivity index (χ3v) is 4.89. The first-order chi connectivity index (χ1) is 13.6. The van der Waals surface area contributed by atoms with Crippen molar-refractivity contribution >= 4 is 28.6 Å². The molecule has 0 saturated carbocycles. The summed E-state index contributed by atoms with van der Waals surface area (Å²) in [5.41, 5.74) is 2.79. The van der Waals surface area contributed by atoms with E-state index < -0.39 is 4.92 Å². The number of nitrogens with one attached hydrogen (secondary N) is 2. The maximum atomic E-state index is 12.1. The van der Waals surface area contributed by atoms with Crippen LogP contribution >= 0.6 is 11.3 Å². The monoisotopic (exact) mass is 396 g/mol. The Balaban J connectivity index is 1.38. The Morgan fingerprint density at radius 1 is 1.07 bits per heavy atom. The first-order valence-electron chi connectivity index (χ1n) is 8.82. The number of nitro groups is 1. The lowest BCUT2D eigenvalue weighted by molar-refractivity contribution is -0.384. The smallest absolute Gasteiger partial charge is 0.269 e. The number of nitrogens with zero attached hydrogens (tertiary/aromatic N) is 2. The van der Waals surface area contributed by atoms with Gasteiger partial charge in [-0.15, -0.1) is 11.3 Å². The Hall–Kier alpha value is -3.26. The SMILES string of the molecule is O=C(Cc1csc(Cc2ccccc2)n1)NCCNc1ccc([N+](=O)[O-])cc1. The number of rotatable bonds is 9. The van der Waals surface area contributed by atoms with Gasteiger partial charge in [0.25, 0.3) is 5.69 Å². The molecule has 0 bridgehead atoms. The second-order valence-corrected chi connectivity index (χ2v) is 7.10. The lowest BCUT2D eigenvalue weighted by atomic mass is 10.2. The second kappa shape index (κ2) is 9.61. The molecule has 1 aromatic heterocycles. The average molecular weight is 396 g/mol. The highest BCUT2D eigenvalue weighted by Gasteiger charge is 2.08. The molecule has 0 atom stereocenters. The molecule has 1 amide bonds. The number of nitro benzene ring substituents is 1. The van der Waals surface area contributed by atoms with E-state index in [2.05, 4.69) is 27.8 Å². The molecule has 2 aromatic carbocycles. The van der Waals surface area contributed by atoms with Gasteiger partial charge >= 0.3 is 0 Å². The van der Waals surface area contributed by atoms with E-state index in [1.807, 2.05) is 23.6 Å². The van der Waals surface area contributed by atoms with Crippen LogP contribution in [0, 0.1) is 10.1 Å². The van der Waals surface area contributed by atoms with E-state index in [0.717, 1.165) is 22.8 Å². The number of thiazole rings is 1. The summed E-state index contributed by atoms with van der Waals surface area (Å²) in [6.07, 6.45) is 1.02. The zero-order valence-corrected chi connectivity index (χ0v) is 15.9. The van der Waals surface area contributed by atoms with Crippen LogP contribution in [0.1, 0.15) is 16.3 Å². The number of aromatic nitrogens is 1. The van der Waals surface area contributed by atoms with Gasteiger partial charge in [0.15, 0.2) is 0 Å². The number of hydrogen-bond acceptors (Lipinski definition) is 6. The van der Waals surface area contributed by atoms with Crippen LogP contribution in [-0.2, 0) is 17.6 Å². The van der Waals surface area contributed by atoms with Crippen molar-refractivity contribution in [3.05, 3.63) is 86.4 Å². The molecular formula is C20H20N4O3S. The van der Waals surface area contributed by atoms with Crippen LogP contribution in [0.2, 0.25) is 0 Å². The van der Waals surface area contributed by atoms with Crippen LogP contribution in [0.5, 0.6) is 0 Å². The molecular weight excluding hydrogens is 376 g/mol. The highest BCUT2D eigenvalue weighted by Crippen LogP contribution is 2.16. The van der Waals surface area contributed by atoms with Crippen molar-refractivity contribution in [2.45, 2.75) is 12.8 Å². The fraction of sp³-hybridized carbons (Fsp3) is 0.200. The Kier molecular flexibility index (Phi) is 6.69. The van der Waals surface area contributed by atoms with Crippen LogP contribution in [0.15, 0.2) is 60.0 Å². The Morgan fingerprint density at radius 3 is 2.54 bits per heavy atom. The zero-order chi connectivity index (χ0) is 19.8. The van der Waals surface area contributed by atoms with Crippen LogP contribution < -0.4 is 10.6 Å². The first-order valence-corrected chi connectivity index (χ1v) is 9.70. The summed E-state index contributed by atoms with van der Waals surface area (Å²) in [4.78, 5) is 26.8. The molecule has 0 fully saturated rings. The standard InChI is InChI=1S/C20H20N4O3S/c25-19(22-11-10-21-16-6-8-18(9-7-16)24(26)27)13-17-14-28-20(23-17)12-15-4-2-1-3-5-15/h1-9,14,21H,10-13H2,(H,22,25). The third kappa shape index (κ3) is 5.88. The Labute approximate surface area is 166 Å². The van der Waals surface area contributed by atoms with Crippen molar-refractivity contribution < 1.29 is 9.72 Å². The summed E-state index contributed by atoms with van der Waals surface area (Å²) in [5, 5.41) is 19.5. The van der Waals surface area contributed by atoms with Gasteiger partial charge in [-0.3, -0.25) is 14.9 Å². The number of amides is 1. The van der Waals surface area contributed by atoms with Crippen molar-refractivity contribution in [1.29, 1.82) is 0 Å². The number of carbonyl (C=O) groups excluding carboxylic acids is 1. The topological polar surface area (TPSA) is 97.2 Å². The molecule has 0 saturated heterocycles. The summed E-state index contributed by atoms with van der Waals surface area (Å²) in [6, 6.07) is 16.3. The number of anilines is 1. The molecule has 3 aromatic rings. The van der Waals surface area contributed by atoms with E-state index >= 15 is 0 Å². The Morgan fingerprint density at radius 2 is 1.82 bits per heavy atom. The molecule has 7 nitrogen and oxygen atoms in total. The van der Waals surface area contributed by atoms with Crippen LogP contribution in [0.25, 0.3) is 0 Å². The van der Waals surface area contributed by atoms with Gasteiger partial charge in [-0.2, -0.15) is 0 Å². The summed E-state index contributed by atoms with van der Waals surface area (Å²) in [5.74, 6) is -0.0814. The summed E-state index contributed by atoms with van der Waals surface area (Å²) in [7, 11) is 0. The predicted octanol–water partition coefficient (Wildman–Crippen LogP) is 3.41. The van der Waals surface area contributed by atoms with E-state index in [0.29, 0.717) is 13.1 Å².